The van der Waals surface area contributed by atoms with E-state index in [1.165, 1.54) is 51.4 Å². The molecule has 0 amide bonds. The summed E-state index contributed by atoms with van der Waals surface area (Å²) in [5, 5.41) is 9.62. The van der Waals surface area contributed by atoms with Gasteiger partial charge in [-0.1, -0.05) is 44.9 Å². The summed E-state index contributed by atoms with van der Waals surface area (Å²) < 4.78 is 16.4. The van der Waals surface area contributed by atoms with Crippen LogP contribution in [0.4, 0.5) is 0 Å². The van der Waals surface area contributed by atoms with Crippen molar-refractivity contribution in [2.24, 2.45) is 0 Å². The van der Waals surface area contributed by atoms with Gasteiger partial charge in [0, 0.05) is 53.8 Å². The van der Waals surface area contributed by atoms with Crippen LogP contribution in [0.15, 0.2) is 0 Å². The van der Waals surface area contributed by atoms with Crippen LogP contribution in [0.1, 0.15) is 57.8 Å². The Balaban J connectivity index is 3.68. The van der Waals surface area contributed by atoms with E-state index in [4.69, 9.17) is 13.3 Å². The predicted molar refractivity (Wildman–Crippen MR) is 130 cm³/mol. The van der Waals surface area contributed by atoms with Gasteiger partial charge in [0.05, 0.1) is 6.54 Å². The number of hydrogen-bond acceptors (Lipinski definition) is 8. The van der Waals surface area contributed by atoms with E-state index >= 15 is 0 Å². The molecule has 0 fully saturated rings. The number of carbonyl (C=O) groups excluding carboxylic acids is 1. The Labute approximate surface area is 192 Å². The Bertz CT molecular complexity index is 382. The van der Waals surface area contributed by atoms with E-state index in [9.17, 15) is 4.79 Å². The van der Waals surface area contributed by atoms with Crippen molar-refractivity contribution in [2.75, 3.05) is 67.4 Å². The molecule has 0 aliphatic heterocycles. The Kier molecular flexibility index (Phi) is 22.5. The smallest absolute Gasteiger partial charge is 0.377 e. The first-order valence-corrected chi connectivity index (χ1v) is 13.8. The van der Waals surface area contributed by atoms with E-state index in [1.807, 2.05) is 6.29 Å². The van der Waals surface area contributed by atoms with Gasteiger partial charge in [0.2, 0.25) is 6.29 Å². The van der Waals surface area contributed by atoms with Crippen molar-refractivity contribution in [3.8, 4) is 0 Å². The first-order valence-electron chi connectivity index (χ1n) is 11.8. The molecule has 0 saturated heterocycles. The van der Waals surface area contributed by atoms with Crippen molar-refractivity contribution in [1.29, 1.82) is 0 Å². The maximum Gasteiger partial charge on any atom is 0.500 e. The fourth-order valence-corrected chi connectivity index (χ4v) is 5.30. The minimum atomic E-state index is -2.38. The normalized spacial score (nSPS) is 12.0. The second-order valence-corrected chi connectivity index (χ2v) is 10.8. The van der Waals surface area contributed by atoms with E-state index in [1.54, 1.807) is 21.3 Å². The molecule has 9 heteroatoms. The minimum absolute atomic E-state index is 0.290. The molecular weight excluding hydrogens is 412 g/mol. The van der Waals surface area contributed by atoms with Gasteiger partial charge in [0.25, 0.3) is 0 Å². The predicted octanol–water partition coefficient (Wildman–Crippen LogP) is 2.30. The quantitative estimate of drug-likeness (QED) is 0.109. The van der Waals surface area contributed by atoms with Crippen molar-refractivity contribution in [1.82, 2.24) is 20.9 Å². The molecule has 0 atom stereocenters. The SMILES string of the molecule is [CH2]CNCNCCN(CCCCCCCCCCC[Si](OC)(OC)OC)CNC[C]=O. The standard InChI is InChI=1S/C22H48N4O4Si/c1-5-23-21-24-15-18-26(22-25-16-19-27)17-13-11-9-7-6-8-10-12-14-20-31(28-2,29-3)30-4/h23-25H,1,5-18,20-22H2,2-4H3. The topological polar surface area (TPSA) is 84.1 Å². The highest BCUT2D eigenvalue weighted by atomic mass is 28.4. The van der Waals surface area contributed by atoms with E-state index in [2.05, 4.69) is 27.8 Å². The third kappa shape index (κ3) is 17.8. The number of nitrogens with zero attached hydrogens (tertiary/aromatic N) is 1. The van der Waals surface area contributed by atoms with E-state index in [0.717, 1.165) is 52.0 Å². The summed E-state index contributed by atoms with van der Waals surface area (Å²) in [5.41, 5.74) is 0. The number of unbranched alkanes of at least 4 members (excludes halogenated alkanes) is 8. The van der Waals surface area contributed by atoms with Crippen molar-refractivity contribution in [2.45, 2.75) is 63.8 Å². The fourth-order valence-electron chi connectivity index (χ4n) is 3.51. The van der Waals surface area contributed by atoms with Gasteiger partial charge in [-0.15, -0.1) is 0 Å². The van der Waals surface area contributed by atoms with Gasteiger partial charge in [-0.05, 0) is 32.9 Å². The monoisotopic (exact) mass is 460 g/mol. The molecule has 0 heterocycles. The van der Waals surface area contributed by atoms with Crippen LogP contribution in [0.2, 0.25) is 6.04 Å². The molecule has 0 saturated carbocycles. The lowest BCUT2D eigenvalue weighted by molar-refractivity contribution is 0.122. The van der Waals surface area contributed by atoms with Crippen LogP contribution in [-0.2, 0) is 18.1 Å². The maximum absolute atomic E-state index is 10.4. The van der Waals surface area contributed by atoms with Crippen LogP contribution in [0.5, 0.6) is 0 Å². The average molecular weight is 461 g/mol. The van der Waals surface area contributed by atoms with Gasteiger partial charge >= 0.3 is 8.80 Å². The summed E-state index contributed by atoms with van der Waals surface area (Å²) in [4.78, 5) is 12.8. The summed E-state index contributed by atoms with van der Waals surface area (Å²) in [6, 6.07) is 0.897. The van der Waals surface area contributed by atoms with Gasteiger partial charge in [-0.3, -0.25) is 15.0 Å². The average Bonchev–Trinajstić information content (AvgIpc) is 2.80. The van der Waals surface area contributed by atoms with Gasteiger partial charge in [0.1, 0.15) is 0 Å². The highest BCUT2D eigenvalue weighted by Gasteiger charge is 2.36. The van der Waals surface area contributed by atoms with E-state index in [0.29, 0.717) is 6.54 Å². The molecule has 0 aromatic heterocycles. The van der Waals surface area contributed by atoms with Crippen LogP contribution >= 0.6 is 0 Å². The van der Waals surface area contributed by atoms with Crippen LogP contribution in [0, 0.1) is 6.92 Å². The second kappa shape index (κ2) is 22.8. The van der Waals surface area contributed by atoms with Crippen molar-refractivity contribution < 1.29 is 18.1 Å². The highest BCUT2D eigenvalue weighted by molar-refractivity contribution is 6.60. The van der Waals surface area contributed by atoms with Gasteiger partial charge < -0.3 is 23.9 Å². The zero-order valence-electron chi connectivity index (χ0n) is 20.3. The molecule has 31 heavy (non-hydrogen) atoms. The van der Waals surface area contributed by atoms with E-state index in [-0.39, 0.29) is 0 Å². The van der Waals surface area contributed by atoms with Gasteiger partial charge in [-0.2, -0.15) is 0 Å². The highest BCUT2D eigenvalue weighted by Crippen LogP contribution is 2.18. The molecule has 0 rings (SSSR count). The molecule has 8 nitrogen and oxygen atoms in total. The van der Waals surface area contributed by atoms with Gasteiger partial charge in [-0.25, -0.2) is 0 Å². The molecule has 0 aliphatic rings. The molecule has 3 N–H and O–H groups in total. The first kappa shape index (κ1) is 30.6. The van der Waals surface area contributed by atoms with E-state index < -0.39 is 8.80 Å². The molecule has 0 aromatic rings. The zero-order valence-corrected chi connectivity index (χ0v) is 21.3. The molecule has 0 bridgehead atoms. The number of rotatable bonds is 25. The molecule has 0 unspecified atom stereocenters. The maximum atomic E-state index is 10.4. The van der Waals surface area contributed by atoms with Crippen LogP contribution in [0.3, 0.4) is 0 Å². The van der Waals surface area contributed by atoms with Gasteiger partial charge in [0.15, 0.2) is 0 Å². The molecule has 2 radical (unpaired) electrons. The number of nitrogens with one attached hydrogen (secondary N) is 3. The first-order chi connectivity index (χ1) is 15.2. The molecule has 0 aliphatic carbocycles. The fraction of sp³-hybridized carbons (Fsp3) is 0.909. The second-order valence-electron chi connectivity index (χ2n) is 7.75. The third-order valence-electron chi connectivity index (χ3n) is 5.45. The van der Waals surface area contributed by atoms with Crippen LogP contribution < -0.4 is 16.0 Å². The van der Waals surface area contributed by atoms with Crippen molar-refractivity contribution in [3.05, 3.63) is 6.92 Å². The molecule has 0 aromatic carbocycles. The lowest BCUT2D eigenvalue weighted by atomic mass is 10.1. The van der Waals surface area contributed by atoms with Crippen LogP contribution in [-0.4, -0.2) is 87.4 Å². The van der Waals surface area contributed by atoms with Crippen molar-refractivity contribution >= 4 is 15.1 Å². The lowest BCUT2D eigenvalue weighted by Crippen LogP contribution is -2.42. The van der Waals surface area contributed by atoms with Crippen LogP contribution in [0.25, 0.3) is 0 Å². The summed E-state index contributed by atoms with van der Waals surface area (Å²) in [7, 11) is 2.66. The summed E-state index contributed by atoms with van der Waals surface area (Å²) in [5.74, 6) is 0. The minimum Gasteiger partial charge on any atom is -0.377 e. The largest absolute Gasteiger partial charge is 0.500 e. The summed E-state index contributed by atoms with van der Waals surface area (Å²) in [6.45, 7) is 9.22. The molecular formula is C22H48N4O4Si. The summed E-state index contributed by atoms with van der Waals surface area (Å²) >= 11 is 0. The molecule has 0 spiro atoms. The Morgan fingerprint density at radius 2 is 1.39 bits per heavy atom. The Hall–Kier alpha value is -0.393. The zero-order chi connectivity index (χ0) is 23.0. The lowest BCUT2D eigenvalue weighted by Gasteiger charge is -2.24. The Morgan fingerprint density at radius 3 is 1.94 bits per heavy atom. The third-order valence-corrected chi connectivity index (χ3v) is 8.29. The molecule has 184 valence electrons. The Morgan fingerprint density at radius 1 is 0.806 bits per heavy atom. The van der Waals surface area contributed by atoms with Crippen molar-refractivity contribution in [3.63, 3.8) is 0 Å². The summed E-state index contributed by atoms with van der Waals surface area (Å²) in [6.07, 6.45) is 13.1. The number of hydrogen-bond donors (Lipinski definition) is 3.